The Bertz CT molecular complexity index is 1270. The van der Waals surface area contributed by atoms with Gasteiger partial charge in [0.1, 0.15) is 10.6 Å². The summed E-state index contributed by atoms with van der Waals surface area (Å²) in [6.07, 6.45) is -4.54. The first-order valence-electron chi connectivity index (χ1n) is 9.94. The molecule has 0 aliphatic rings. The quantitative estimate of drug-likeness (QED) is 0.457. The van der Waals surface area contributed by atoms with Crippen molar-refractivity contribution in [3.8, 4) is 5.75 Å². The van der Waals surface area contributed by atoms with Gasteiger partial charge >= 0.3 is 6.18 Å². The zero-order valence-electron chi connectivity index (χ0n) is 18.3. The summed E-state index contributed by atoms with van der Waals surface area (Å²) in [5.74, 6) is -0.704. The van der Waals surface area contributed by atoms with Crippen LogP contribution in [0.15, 0.2) is 77.7 Å². The molecule has 0 spiro atoms. The lowest BCUT2D eigenvalue weighted by Crippen LogP contribution is -2.30. The second-order valence-corrected chi connectivity index (χ2v) is 9.28. The zero-order valence-corrected chi connectivity index (χ0v) is 19.1. The van der Waals surface area contributed by atoms with Crippen molar-refractivity contribution >= 4 is 21.6 Å². The highest BCUT2D eigenvalue weighted by molar-refractivity contribution is 7.89. The first-order valence-corrected chi connectivity index (χ1v) is 11.4. The number of sulfonamides is 1. The zero-order chi connectivity index (χ0) is 24.9. The molecule has 0 saturated heterocycles. The normalized spacial score (nSPS) is 11.8. The molecule has 34 heavy (non-hydrogen) atoms. The van der Waals surface area contributed by atoms with E-state index in [1.54, 1.807) is 24.3 Å². The summed E-state index contributed by atoms with van der Waals surface area (Å²) >= 11 is 0. The Morgan fingerprint density at radius 1 is 1.00 bits per heavy atom. The van der Waals surface area contributed by atoms with Gasteiger partial charge in [-0.3, -0.25) is 15.6 Å². The molecular formula is C23H22F3N3O4S. The minimum absolute atomic E-state index is 0.00660. The van der Waals surface area contributed by atoms with Gasteiger partial charge in [-0.25, -0.2) is 8.42 Å². The van der Waals surface area contributed by atoms with E-state index in [0.717, 1.165) is 28.1 Å². The molecule has 1 amide bonds. The van der Waals surface area contributed by atoms with Gasteiger partial charge in [-0.15, -0.1) is 0 Å². The van der Waals surface area contributed by atoms with Gasteiger partial charge in [0.05, 0.1) is 18.4 Å². The number of hydrazine groups is 1. The Hall–Kier alpha value is -3.57. The highest BCUT2D eigenvalue weighted by Crippen LogP contribution is 2.31. The van der Waals surface area contributed by atoms with E-state index in [4.69, 9.17) is 4.74 Å². The lowest BCUT2D eigenvalue weighted by atomic mass is 10.2. The number of carbonyl (C=O) groups is 1. The molecule has 0 atom stereocenters. The van der Waals surface area contributed by atoms with E-state index in [0.29, 0.717) is 0 Å². The van der Waals surface area contributed by atoms with E-state index in [1.807, 2.05) is 6.07 Å². The van der Waals surface area contributed by atoms with Crippen LogP contribution >= 0.6 is 0 Å². The summed E-state index contributed by atoms with van der Waals surface area (Å²) in [7, 11) is -1.33. The molecule has 7 nitrogen and oxygen atoms in total. The molecule has 3 rings (SSSR count). The van der Waals surface area contributed by atoms with Crippen molar-refractivity contribution in [1.29, 1.82) is 0 Å². The van der Waals surface area contributed by atoms with E-state index < -0.39 is 27.7 Å². The Morgan fingerprint density at radius 2 is 1.71 bits per heavy atom. The highest BCUT2D eigenvalue weighted by Gasteiger charge is 2.30. The summed E-state index contributed by atoms with van der Waals surface area (Å²) in [4.78, 5) is 12.4. The lowest BCUT2D eigenvalue weighted by Gasteiger charge is -2.19. The minimum atomic E-state index is -4.54. The lowest BCUT2D eigenvalue weighted by molar-refractivity contribution is -0.137. The van der Waals surface area contributed by atoms with Crippen molar-refractivity contribution < 1.29 is 31.1 Å². The van der Waals surface area contributed by atoms with Gasteiger partial charge in [0.15, 0.2) is 0 Å². The monoisotopic (exact) mass is 493 g/mol. The molecule has 11 heteroatoms. The number of carbonyl (C=O) groups excluding carboxylic acids is 1. The predicted molar refractivity (Wildman–Crippen MR) is 121 cm³/mol. The van der Waals surface area contributed by atoms with Crippen molar-refractivity contribution in [2.45, 2.75) is 17.6 Å². The molecule has 3 aromatic rings. The van der Waals surface area contributed by atoms with Crippen molar-refractivity contribution in [3.63, 3.8) is 0 Å². The van der Waals surface area contributed by atoms with Gasteiger partial charge in [0.25, 0.3) is 5.91 Å². The van der Waals surface area contributed by atoms with E-state index >= 15 is 0 Å². The standard InChI is InChI=1S/C23H22F3N3O4S/c1-29(15-16-7-4-3-5-8-16)34(31,32)21-13-17(11-12-20(21)33-2)22(30)28-27-19-10-6-9-18(14-19)23(24,25)26/h3-14,27H,15H2,1-2H3,(H,28,30). The molecule has 0 aliphatic heterocycles. The Kier molecular flexibility index (Phi) is 7.48. The van der Waals surface area contributed by atoms with Gasteiger partial charge < -0.3 is 4.74 Å². The smallest absolute Gasteiger partial charge is 0.416 e. The predicted octanol–water partition coefficient (Wildman–Crippen LogP) is 4.29. The van der Waals surface area contributed by atoms with Crippen LogP contribution in [0, 0.1) is 0 Å². The molecule has 2 N–H and O–H groups in total. The van der Waals surface area contributed by atoms with E-state index in [2.05, 4.69) is 10.9 Å². The molecule has 180 valence electrons. The van der Waals surface area contributed by atoms with Crippen molar-refractivity contribution in [3.05, 3.63) is 89.5 Å². The van der Waals surface area contributed by atoms with Crippen LogP contribution in [0.2, 0.25) is 0 Å². The number of anilines is 1. The number of hydrogen-bond acceptors (Lipinski definition) is 5. The Morgan fingerprint density at radius 3 is 2.35 bits per heavy atom. The number of alkyl halides is 3. The van der Waals surface area contributed by atoms with Crippen LogP contribution in [-0.4, -0.2) is 32.8 Å². The van der Waals surface area contributed by atoms with Crippen LogP contribution in [0.4, 0.5) is 18.9 Å². The topological polar surface area (TPSA) is 87.7 Å². The molecule has 0 aliphatic carbocycles. The number of rotatable bonds is 8. The number of hydrogen-bond donors (Lipinski definition) is 2. The van der Waals surface area contributed by atoms with Gasteiger partial charge in [-0.1, -0.05) is 36.4 Å². The molecule has 3 aromatic carbocycles. The van der Waals surface area contributed by atoms with Crippen LogP contribution in [0.1, 0.15) is 21.5 Å². The Balaban J connectivity index is 1.81. The molecule has 0 radical (unpaired) electrons. The average molecular weight is 494 g/mol. The number of ether oxygens (including phenoxy) is 1. The van der Waals surface area contributed by atoms with Crippen LogP contribution in [0.25, 0.3) is 0 Å². The summed E-state index contributed by atoms with van der Waals surface area (Å²) in [5.41, 5.74) is 4.54. The first kappa shape index (κ1) is 25.1. The number of amides is 1. The number of benzene rings is 3. The highest BCUT2D eigenvalue weighted by atomic mass is 32.2. The maximum absolute atomic E-state index is 13.2. The van der Waals surface area contributed by atoms with Crippen molar-refractivity contribution in [1.82, 2.24) is 9.73 Å². The van der Waals surface area contributed by atoms with Gasteiger partial charge in [-0.05, 0) is 42.0 Å². The van der Waals surface area contributed by atoms with Crippen molar-refractivity contribution in [2.24, 2.45) is 0 Å². The van der Waals surface area contributed by atoms with Crippen LogP contribution in [-0.2, 0) is 22.7 Å². The van der Waals surface area contributed by atoms with Crippen molar-refractivity contribution in [2.75, 3.05) is 19.6 Å². The molecule has 0 aromatic heterocycles. The summed E-state index contributed by atoms with van der Waals surface area (Å²) in [6, 6.07) is 17.1. The number of halogens is 3. The second-order valence-electron chi connectivity index (χ2n) is 7.27. The summed E-state index contributed by atoms with van der Waals surface area (Å²) < 4.78 is 71.3. The third-order valence-corrected chi connectivity index (χ3v) is 6.70. The fraction of sp³-hybridized carbons (Fsp3) is 0.174. The molecule has 0 bridgehead atoms. The summed E-state index contributed by atoms with van der Waals surface area (Å²) in [6.45, 7) is 0.0971. The van der Waals surface area contributed by atoms with Crippen LogP contribution in [0.3, 0.4) is 0 Å². The largest absolute Gasteiger partial charge is 0.495 e. The number of methoxy groups -OCH3 is 1. The van der Waals surface area contributed by atoms with E-state index in [1.165, 1.54) is 38.4 Å². The maximum atomic E-state index is 13.2. The third-order valence-electron chi connectivity index (χ3n) is 4.87. The summed E-state index contributed by atoms with van der Waals surface area (Å²) in [5, 5.41) is 0. The van der Waals surface area contributed by atoms with Gasteiger partial charge in [0.2, 0.25) is 10.0 Å². The second kappa shape index (κ2) is 10.1. The molecule has 0 saturated carbocycles. The average Bonchev–Trinajstić information content (AvgIpc) is 2.82. The SMILES string of the molecule is COc1ccc(C(=O)NNc2cccc(C(F)(F)F)c2)cc1S(=O)(=O)N(C)Cc1ccccc1. The third kappa shape index (κ3) is 5.86. The molecular weight excluding hydrogens is 471 g/mol. The van der Waals surface area contributed by atoms with Crippen LogP contribution in [0.5, 0.6) is 5.75 Å². The fourth-order valence-electron chi connectivity index (χ4n) is 3.09. The molecule has 0 fully saturated rings. The molecule has 0 heterocycles. The van der Waals surface area contributed by atoms with E-state index in [9.17, 15) is 26.4 Å². The van der Waals surface area contributed by atoms with E-state index in [-0.39, 0.29) is 28.4 Å². The maximum Gasteiger partial charge on any atom is 0.416 e. The minimum Gasteiger partial charge on any atom is -0.495 e. The fourth-order valence-corrected chi connectivity index (χ4v) is 4.42. The van der Waals surface area contributed by atoms with Gasteiger partial charge in [0, 0.05) is 19.2 Å². The Labute approximate surface area is 195 Å². The number of nitrogens with one attached hydrogen (secondary N) is 2. The van der Waals surface area contributed by atoms with Gasteiger partial charge in [-0.2, -0.15) is 17.5 Å². The number of nitrogens with zero attached hydrogens (tertiary/aromatic N) is 1. The molecule has 0 unspecified atom stereocenters. The first-order chi connectivity index (χ1) is 16.0. The van der Waals surface area contributed by atoms with Crippen LogP contribution < -0.4 is 15.6 Å².